The number of aromatic nitrogens is 1. The Kier molecular flexibility index (Phi) is 6.75. The number of amides is 1. The number of benzene rings is 1. The van der Waals surface area contributed by atoms with Crippen molar-refractivity contribution in [1.29, 1.82) is 0 Å². The van der Waals surface area contributed by atoms with Gasteiger partial charge in [-0.25, -0.2) is 0 Å². The Hall–Kier alpha value is -2.68. The number of halogens is 1. The fraction of sp³-hybridized carbons (Fsp3) is 0.444. The van der Waals surface area contributed by atoms with E-state index in [4.69, 9.17) is 11.6 Å². The molecule has 0 bridgehead atoms. The van der Waals surface area contributed by atoms with E-state index < -0.39 is 0 Å². The molecule has 33 heavy (non-hydrogen) atoms. The van der Waals surface area contributed by atoms with Crippen LogP contribution >= 0.6 is 11.6 Å². The monoisotopic (exact) mass is 462 g/mol. The van der Waals surface area contributed by atoms with Crippen molar-refractivity contribution in [3.05, 3.63) is 64.8 Å². The van der Waals surface area contributed by atoms with Gasteiger partial charge in [-0.05, 0) is 87.2 Å². The maximum absolute atomic E-state index is 13.3. The van der Waals surface area contributed by atoms with Crippen LogP contribution in [0.2, 0.25) is 5.02 Å². The molecule has 2 heterocycles. The molecular weight excluding hydrogens is 432 g/mol. The van der Waals surface area contributed by atoms with Crippen molar-refractivity contribution in [2.45, 2.75) is 57.0 Å². The molecule has 0 unspecified atom stereocenters. The quantitative estimate of drug-likeness (QED) is 0.430. The molecule has 1 aliphatic heterocycles. The van der Waals surface area contributed by atoms with Gasteiger partial charge in [-0.15, -0.1) is 0 Å². The summed E-state index contributed by atoms with van der Waals surface area (Å²) in [5.41, 5.74) is 3.65. The molecule has 172 valence electrons. The van der Waals surface area contributed by atoms with Crippen LogP contribution in [0.5, 0.6) is 0 Å². The molecular formula is C27H31ClN4O. The third kappa shape index (κ3) is 5.46. The minimum atomic E-state index is -0.0789. The van der Waals surface area contributed by atoms with Crippen molar-refractivity contribution >= 4 is 34.1 Å². The summed E-state index contributed by atoms with van der Waals surface area (Å²) in [6.07, 6.45) is 8.10. The van der Waals surface area contributed by atoms with E-state index in [0.29, 0.717) is 16.8 Å². The molecule has 1 saturated carbocycles. The van der Waals surface area contributed by atoms with Crippen molar-refractivity contribution in [3.63, 3.8) is 0 Å². The van der Waals surface area contributed by atoms with Crippen molar-refractivity contribution in [3.8, 4) is 0 Å². The van der Waals surface area contributed by atoms with E-state index in [9.17, 15) is 4.79 Å². The molecule has 1 saturated heterocycles. The Labute approximate surface area is 200 Å². The summed E-state index contributed by atoms with van der Waals surface area (Å²) in [6.45, 7) is 3.05. The average Bonchev–Trinajstić information content (AvgIpc) is 3.56. The number of anilines is 1. The average molecular weight is 463 g/mol. The number of carbonyl (C=O) groups excluding carboxylic acids is 1. The van der Waals surface area contributed by atoms with E-state index >= 15 is 0 Å². The van der Waals surface area contributed by atoms with E-state index in [-0.39, 0.29) is 11.9 Å². The minimum absolute atomic E-state index is 0.0254. The Balaban J connectivity index is 1.35. The predicted molar refractivity (Wildman–Crippen MR) is 134 cm³/mol. The van der Waals surface area contributed by atoms with Crippen molar-refractivity contribution in [1.82, 2.24) is 15.2 Å². The minimum Gasteiger partial charge on any atom is -0.381 e. The van der Waals surface area contributed by atoms with Gasteiger partial charge in [0.1, 0.15) is 5.69 Å². The standard InChI is InChI=1S/C27H31ClN4O/c28-21-15-20-16-25(31-26(20)24(17-21)29-22-10-4-5-11-22)27(33)30-23(18-32-12-6-7-13-32)14-19-8-2-1-3-9-19/h2,8-9,15-17,22-23,29,31H,4-7,10-14,18H2,(H,30,33)/t23-/m1/s1. The molecule has 3 aromatic rings. The number of aromatic amines is 1. The lowest BCUT2D eigenvalue weighted by molar-refractivity contribution is 0.0923. The van der Waals surface area contributed by atoms with Gasteiger partial charge in [0.2, 0.25) is 0 Å². The number of rotatable bonds is 8. The van der Waals surface area contributed by atoms with Crippen LogP contribution < -0.4 is 10.6 Å². The van der Waals surface area contributed by atoms with Gasteiger partial charge < -0.3 is 20.5 Å². The zero-order chi connectivity index (χ0) is 22.6. The van der Waals surface area contributed by atoms with Gasteiger partial charge in [0.15, 0.2) is 0 Å². The first-order valence-corrected chi connectivity index (χ1v) is 12.5. The summed E-state index contributed by atoms with van der Waals surface area (Å²) in [6, 6.07) is 18.1. The molecule has 1 aliphatic carbocycles. The zero-order valence-corrected chi connectivity index (χ0v) is 19.7. The topological polar surface area (TPSA) is 60.2 Å². The second-order valence-corrected chi connectivity index (χ2v) is 9.89. The van der Waals surface area contributed by atoms with Gasteiger partial charge in [-0.2, -0.15) is 0 Å². The lowest BCUT2D eigenvalue weighted by Gasteiger charge is -2.24. The number of H-pyrrole nitrogens is 1. The second kappa shape index (κ2) is 10.1. The summed E-state index contributed by atoms with van der Waals surface area (Å²) in [7, 11) is 0. The lowest BCUT2D eigenvalue weighted by atomic mass is 10.1. The highest BCUT2D eigenvalue weighted by molar-refractivity contribution is 6.32. The Bertz CT molecular complexity index is 1080. The number of carbonyl (C=O) groups is 1. The fourth-order valence-electron chi connectivity index (χ4n) is 5.23. The number of likely N-dealkylation sites (tertiary alicyclic amines) is 1. The van der Waals surface area contributed by atoms with Gasteiger partial charge in [-0.3, -0.25) is 4.79 Å². The summed E-state index contributed by atoms with van der Waals surface area (Å²) in [5.74, 6) is -0.0789. The van der Waals surface area contributed by atoms with Crippen LogP contribution in [0.1, 0.15) is 54.6 Å². The zero-order valence-electron chi connectivity index (χ0n) is 18.9. The van der Waals surface area contributed by atoms with Crippen molar-refractivity contribution in [2.24, 2.45) is 0 Å². The maximum atomic E-state index is 13.3. The van der Waals surface area contributed by atoms with Crippen molar-refractivity contribution in [2.75, 3.05) is 25.0 Å². The van der Waals surface area contributed by atoms with E-state index in [0.717, 1.165) is 48.2 Å². The van der Waals surface area contributed by atoms with Gasteiger partial charge in [0, 0.05) is 29.0 Å². The van der Waals surface area contributed by atoms with Crippen LogP contribution in [0.4, 0.5) is 5.69 Å². The largest absolute Gasteiger partial charge is 0.381 e. The van der Waals surface area contributed by atoms with Gasteiger partial charge in [0.05, 0.1) is 11.2 Å². The number of fused-ring (bicyclic) bond motifs is 1. The molecule has 0 radical (unpaired) electrons. The van der Waals surface area contributed by atoms with Crippen LogP contribution in [0, 0.1) is 12.1 Å². The molecule has 5 rings (SSSR count). The first-order chi connectivity index (χ1) is 16.1. The number of hydrogen-bond donors (Lipinski definition) is 3. The Morgan fingerprint density at radius 1 is 1.15 bits per heavy atom. The molecule has 6 heteroatoms. The summed E-state index contributed by atoms with van der Waals surface area (Å²) >= 11 is 6.40. The number of nitrogens with one attached hydrogen (secondary N) is 3. The third-order valence-electron chi connectivity index (χ3n) is 6.87. The SMILES string of the molecule is O=C(N[C@H](Cc1cc#ccc1)CN1CCCC1)c1cc2cc(Cl)cc(NC3CCCC3)c2[nH]1. The molecule has 1 aromatic heterocycles. The predicted octanol–water partition coefficient (Wildman–Crippen LogP) is 5.21. The molecule has 3 N–H and O–H groups in total. The highest BCUT2D eigenvalue weighted by atomic mass is 35.5. The fourth-order valence-corrected chi connectivity index (χ4v) is 5.45. The highest BCUT2D eigenvalue weighted by Gasteiger charge is 2.22. The molecule has 2 fully saturated rings. The number of hydrogen-bond acceptors (Lipinski definition) is 3. The Morgan fingerprint density at radius 2 is 1.97 bits per heavy atom. The van der Waals surface area contributed by atoms with E-state index in [2.05, 4.69) is 32.7 Å². The van der Waals surface area contributed by atoms with Gasteiger partial charge in [-0.1, -0.05) is 36.6 Å². The van der Waals surface area contributed by atoms with Crippen LogP contribution in [0.15, 0.2) is 36.4 Å². The Morgan fingerprint density at radius 3 is 2.73 bits per heavy atom. The van der Waals surface area contributed by atoms with Crippen molar-refractivity contribution < 1.29 is 4.79 Å². The molecule has 0 spiro atoms. The van der Waals surface area contributed by atoms with E-state index in [1.54, 1.807) is 0 Å². The lowest BCUT2D eigenvalue weighted by Crippen LogP contribution is -2.44. The number of nitrogens with zero attached hydrogens (tertiary/aromatic N) is 1. The van der Waals surface area contributed by atoms with Gasteiger partial charge >= 0.3 is 0 Å². The molecule has 5 nitrogen and oxygen atoms in total. The van der Waals surface area contributed by atoms with Crippen LogP contribution in [-0.2, 0) is 6.42 Å². The smallest absolute Gasteiger partial charge is 0.268 e. The van der Waals surface area contributed by atoms with Crippen LogP contribution in [-0.4, -0.2) is 47.5 Å². The summed E-state index contributed by atoms with van der Waals surface area (Å²) in [4.78, 5) is 19.1. The van der Waals surface area contributed by atoms with Crippen LogP contribution in [0.25, 0.3) is 10.9 Å². The highest BCUT2D eigenvalue weighted by Crippen LogP contribution is 2.31. The molecule has 2 aliphatic rings. The van der Waals surface area contributed by atoms with Gasteiger partial charge in [0.25, 0.3) is 5.91 Å². The molecule has 1 atom stereocenters. The van der Waals surface area contributed by atoms with E-state index in [1.807, 2.05) is 36.4 Å². The first kappa shape index (κ1) is 22.1. The maximum Gasteiger partial charge on any atom is 0.268 e. The molecule has 2 aromatic carbocycles. The van der Waals surface area contributed by atoms with E-state index in [1.165, 1.54) is 38.5 Å². The second-order valence-electron chi connectivity index (χ2n) is 9.45. The summed E-state index contributed by atoms with van der Waals surface area (Å²) in [5, 5.41) is 8.56. The summed E-state index contributed by atoms with van der Waals surface area (Å²) < 4.78 is 0. The molecule has 1 amide bonds. The first-order valence-electron chi connectivity index (χ1n) is 12.1. The normalized spacial score (nSPS) is 17.8. The third-order valence-corrected chi connectivity index (χ3v) is 7.09. The van der Waals surface area contributed by atoms with Crippen LogP contribution in [0.3, 0.4) is 0 Å².